The monoisotopic (exact) mass is 261 g/mol. The molecule has 1 heteroatoms. The van der Waals surface area contributed by atoms with Gasteiger partial charge in [0.15, 0.2) is 0 Å². The fourth-order valence-electron chi connectivity index (χ4n) is 1.82. The van der Waals surface area contributed by atoms with Crippen molar-refractivity contribution >= 4 is 5.78 Å². The van der Waals surface area contributed by atoms with Gasteiger partial charge < -0.3 is 0 Å². The van der Waals surface area contributed by atoms with Crippen molar-refractivity contribution in [2.45, 2.75) is 66.2 Å². The van der Waals surface area contributed by atoms with Gasteiger partial charge in [-0.15, -0.1) is 0 Å². The van der Waals surface area contributed by atoms with Gasteiger partial charge in [-0.3, -0.25) is 4.79 Å². The lowest BCUT2D eigenvalue weighted by atomic mass is 10.1. The molecule has 19 heavy (non-hydrogen) atoms. The second kappa shape index (κ2) is 10.8. The second-order valence-electron chi connectivity index (χ2n) is 5.54. The molecule has 0 saturated carbocycles. The van der Waals surface area contributed by atoms with Crippen molar-refractivity contribution in [1.82, 2.24) is 0 Å². The maximum Gasteiger partial charge on any atom is 0.133 e. The minimum absolute atomic E-state index is 0.0269. The molecule has 0 spiro atoms. The molecule has 1 radical (unpaired) electrons. The van der Waals surface area contributed by atoms with Crippen molar-refractivity contribution in [3.63, 3.8) is 0 Å². The zero-order valence-corrected chi connectivity index (χ0v) is 13.1. The normalized spacial score (nSPS) is 12.5. The first-order valence-corrected chi connectivity index (χ1v) is 7.21. The van der Waals surface area contributed by atoms with Gasteiger partial charge in [-0.25, -0.2) is 0 Å². The maximum atomic E-state index is 10.7. The van der Waals surface area contributed by atoms with Crippen LogP contribution < -0.4 is 0 Å². The van der Waals surface area contributed by atoms with Crippen LogP contribution in [0.2, 0.25) is 0 Å². The Kier molecular flexibility index (Phi) is 10.1. The Labute approximate surface area is 119 Å². The SMILES string of the molecule is [CH2]C(=O)CC/C=C(\C)CC/C=C(\C)CCC=C(C)C. The van der Waals surface area contributed by atoms with Gasteiger partial charge in [0.1, 0.15) is 5.78 Å². The molecule has 0 N–H and O–H groups in total. The Morgan fingerprint density at radius 1 is 0.789 bits per heavy atom. The smallest absolute Gasteiger partial charge is 0.133 e. The van der Waals surface area contributed by atoms with Gasteiger partial charge >= 0.3 is 0 Å². The predicted molar refractivity (Wildman–Crippen MR) is 85.0 cm³/mol. The van der Waals surface area contributed by atoms with Crippen LogP contribution in [0.1, 0.15) is 66.2 Å². The highest BCUT2D eigenvalue weighted by atomic mass is 16.1. The highest BCUT2D eigenvalue weighted by molar-refractivity contribution is 5.82. The van der Waals surface area contributed by atoms with Gasteiger partial charge in [-0.05, 0) is 59.8 Å². The topological polar surface area (TPSA) is 17.1 Å². The third-order valence-corrected chi connectivity index (χ3v) is 3.04. The molecule has 0 aliphatic carbocycles. The van der Waals surface area contributed by atoms with Gasteiger partial charge in [0.25, 0.3) is 0 Å². The van der Waals surface area contributed by atoms with E-state index in [4.69, 9.17) is 0 Å². The third-order valence-electron chi connectivity index (χ3n) is 3.04. The van der Waals surface area contributed by atoms with Gasteiger partial charge in [-0.2, -0.15) is 0 Å². The fraction of sp³-hybridized carbons (Fsp3) is 0.556. The van der Waals surface area contributed by atoms with Crippen molar-refractivity contribution in [3.8, 4) is 0 Å². The van der Waals surface area contributed by atoms with E-state index in [1.807, 2.05) is 0 Å². The minimum atomic E-state index is 0.0269. The van der Waals surface area contributed by atoms with E-state index >= 15 is 0 Å². The van der Waals surface area contributed by atoms with Crippen molar-refractivity contribution in [1.29, 1.82) is 0 Å². The minimum Gasteiger partial charge on any atom is -0.300 e. The molecule has 0 fully saturated rings. The first-order chi connectivity index (χ1) is 8.91. The first-order valence-electron chi connectivity index (χ1n) is 7.21. The zero-order valence-electron chi connectivity index (χ0n) is 13.1. The maximum absolute atomic E-state index is 10.7. The summed E-state index contributed by atoms with van der Waals surface area (Å²) in [4.78, 5) is 10.7. The van der Waals surface area contributed by atoms with Gasteiger partial charge in [0.05, 0.1) is 0 Å². The highest BCUT2D eigenvalue weighted by Gasteiger charge is 1.93. The van der Waals surface area contributed by atoms with E-state index in [-0.39, 0.29) is 5.78 Å². The van der Waals surface area contributed by atoms with Gasteiger partial charge in [0.2, 0.25) is 0 Å². The quantitative estimate of drug-likeness (QED) is 0.494. The molecule has 1 nitrogen and oxygen atoms in total. The number of rotatable bonds is 9. The third kappa shape index (κ3) is 13.1. The fourth-order valence-corrected chi connectivity index (χ4v) is 1.82. The summed E-state index contributed by atoms with van der Waals surface area (Å²) in [6, 6.07) is 0. The van der Waals surface area contributed by atoms with Crippen LogP contribution in [0.15, 0.2) is 34.9 Å². The molecule has 0 heterocycles. The summed E-state index contributed by atoms with van der Waals surface area (Å²) >= 11 is 0. The molecule has 0 saturated heterocycles. The lowest BCUT2D eigenvalue weighted by Crippen LogP contribution is -1.88. The van der Waals surface area contributed by atoms with Crippen LogP contribution in [0, 0.1) is 6.92 Å². The summed E-state index contributed by atoms with van der Waals surface area (Å²) in [5.74, 6) is 0.0269. The number of hydrogen-bond donors (Lipinski definition) is 0. The Morgan fingerprint density at radius 2 is 1.21 bits per heavy atom. The summed E-state index contributed by atoms with van der Waals surface area (Å²) in [7, 11) is 0. The van der Waals surface area contributed by atoms with Crippen LogP contribution in [-0.4, -0.2) is 5.78 Å². The van der Waals surface area contributed by atoms with Crippen molar-refractivity contribution < 1.29 is 4.79 Å². The average Bonchev–Trinajstić information content (AvgIpc) is 2.27. The molecule has 107 valence electrons. The molecule has 0 aliphatic rings. The summed E-state index contributed by atoms with van der Waals surface area (Å²) < 4.78 is 0. The molecule has 0 amide bonds. The lowest BCUT2D eigenvalue weighted by molar-refractivity contribution is -0.114. The van der Waals surface area contributed by atoms with Crippen molar-refractivity contribution in [2.75, 3.05) is 0 Å². The van der Waals surface area contributed by atoms with E-state index in [9.17, 15) is 4.79 Å². The lowest BCUT2D eigenvalue weighted by Gasteiger charge is -2.01. The largest absolute Gasteiger partial charge is 0.300 e. The number of carbonyl (C=O) groups is 1. The molecule has 0 aliphatic heterocycles. The van der Waals surface area contributed by atoms with Crippen molar-refractivity contribution in [2.24, 2.45) is 0 Å². The molecule has 0 aromatic carbocycles. The number of carbonyl (C=O) groups excluding carboxylic acids is 1. The molecule has 0 unspecified atom stereocenters. The van der Waals surface area contributed by atoms with Crippen LogP contribution in [0.4, 0.5) is 0 Å². The Hall–Kier alpha value is -1.11. The molecular weight excluding hydrogens is 232 g/mol. The van der Waals surface area contributed by atoms with E-state index in [2.05, 4.69) is 52.8 Å². The molecule has 0 bridgehead atoms. The van der Waals surface area contributed by atoms with Crippen LogP contribution in [0.3, 0.4) is 0 Å². The van der Waals surface area contributed by atoms with Crippen LogP contribution >= 0.6 is 0 Å². The highest BCUT2D eigenvalue weighted by Crippen LogP contribution is 2.12. The molecule has 0 rings (SSSR count). The van der Waals surface area contributed by atoms with E-state index in [1.54, 1.807) is 0 Å². The number of ketones is 1. The zero-order chi connectivity index (χ0) is 14.7. The predicted octanol–water partition coefficient (Wildman–Crippen LogP) is 5.59. The van der Waals surface area contributed by atoms with Gasteiger partial charge in [-0.1, -0.05) is 34.9 Å². The molecule has 0 atom stereocenters. The summed E-state index contributed by atoms with van der Waals surface area (Å²) in [6.45, 7) is 12.0. The molecule has 0 aromatic rings. The average molecular weight is 261 g/mol. The Morgan fingerprint density at radius 3 is 1.63 bits per heavy atom. The van der Waals surface area contributed by atoms with E-state index in [1.165, 1.54) is 16.7 Å². The Balaban J connectivity index is 3.86. The Bertz CT molecular complexity index is 352. The summed E-state index contributed by atoms with van der Waals surface area (Å²) in [5, 5.41) is 0. The second-order valence-corrected chi connectivity index (χ2v) is 5.54. The number of Topliss-reactive ketones (excluding diaryl/α,β-unsaturated/α-hetero) is 1. The molecular formula is C18H29O. The first kappa shape index (κ1) is 17.9. The standard InChI is InChI=1S/C18H29O/c1-15(2)9-6-10-16(3)11-7-12-17(4)13-8-14-18(5)19/h9,11,13H,5-8,10,12,14H2,1-4H3/b16-11+,17-13+. The van der Waals surface area contributed by atoms with Crippen LogP contribution in [-0.2, 0) is 4.79 Å². The summed E-state index contributed by atoms with van der Waals surface area (Å²) in [6.07, 6.45) is 12.7. The van der Waals surface area contributed by atoms with E-state index < -0.39 is 0 Å². The molecule has 0 aromatic heterocycles. The van der Waals surface area contributed by atoms with Crippen LogP contribution in [0.25, 0.3) is 0 Å². The van der Waals surface area contributed by atoms with Crippen LogP contribution in [0.5, 0.6) is 0 Å². The number of hydrogen-bond acceptors (Lipinski definition) is 1. The van der Waals surface area contributed by atoms with E-state index in [0.29, 0.717) is 6.42 Å². The van der Waals surface area contributed by atoms with E-state index in [0.717, 1.165) is 32.1 Å². The van der Waals surface area contributed by atoms with Gasteiger partial charge in [0, 0.05) is 13.3 Å². The summed E-state index contributed by atoms with van der Waals surface area (Å²) in [5.41, 5.74) is 4.24. The van der Waals surface area contributed by atoms with Crippen molar-refractivity contribution in [3.05, 3.63) is 41.9 Å². The number of allylic oxidation sites excluding steroid dienone is 6.